The highest BCUT2D eigenvalue weighted by Crippen LogP contribution is 2.47. The van der Waals surface area contributed by atoms with Crippen LogP contribution in [0.25, 0.3) is 87.3 Å². The van der Waals surface area contributed by atoms with Crippen LogP contribution >= 0.6 is 0 Å². The Balaban J connectivity index is 1.30. The SMILES string of the molecule is Cc1ccc2c3cc(C(C)(C)c4ccccc4)ccc3c3cc4c5c(c3c2c1)-n1c2ccc(C)cc2c2cc(C)cc(c21)B5c1cc(C)cc2c3cc(C)ccc3n-4c12. The summed E-state index contributed by atoms with van der Waals surface area (Å²) in [6, 6.07) is 52.1. The number of fused-ring (bicyclic) bond motifs is 17. The molecule has 280 valence electrons. The molecule has 4 heterocycles. The van der Waals surface area contributed by atoms with Crippen molar-refractivity contribution in [3.63, 3.8) is 0 Å². The molecule has 0 unspecified atom stereocenters. The van der Waals surface area contributed by atoms with Crippen molar-refractivity contribution >= 4 is 99.0 Å². The first kappa shape index (κ1) is 33.4. The predicted octanol–water partition coefficient (Wildman–Crippen LogP) is 12.4. The standard InChI is InChI=1S/C56H43BN2/c1-30-13-17-37-39-28-36(56(6,7)35-11-9-8-10-12-35)16-18-38(39)43-29-50-52-55(51(43)42(37)23-30)59-49-20-15-32(3)22-41(49)45-25-34(5)27-47(54(45)59)57(52)46-26-33(4)24-44-40-21-31(2)14-19-48(40)58(50)53(44)46/h8-29H,1-7H3. The Kier molecular flexibility index (Phi) is 6.30. The first-order chi connectivity index (χ1) is 28.6. The van der Waals surface area contributed by atoms with E-state index < -0.39 is 0 Å². The zero-order valence-electron chi connectivity index (χ0n) is 34.7. The molecular weight excluding hydrogens is 711 g/mol. The van der Waals surface area contributed by atoms with Gasteiger partial charge in [-0.3, -0.25) is 0 Å². The van der Waals surface area contributed by atoms with Gasteiger partial charge in [0.05, 0.1) is 16.7 Å². The van der Waals surface area contributed by atoms with Crippen LogP contribution in [0.4, 0.5) is 0 Å². The molecule has 0 spiro atoms. The van der Waals surface area contributed by atoms with Crippen LogP contribution in [0.5, 0.6) is 0 Å². The summed E-state index contributed by atoms with van der Waals surface area (Å²) in [5.74, 6) is 0. The number of aromatic nitrogens is 2. The average molecular weight is 755 g/mol. The van der Waals surface area contributed by atoms with Gasteiger partial charge in [0.15, 0.2) is 0 Å². The molecule has 9 aromatic carbocycles. The number of rotatable bonds is 2. The molecule has 0 radical (unpaired) electrons. The second-order valence-electron chi connectivity index (χ2n) is 18.5. The maximum Gasteiger partial charge on any atom is 0.252 e. The van der Waals surface area contributed by atoms with E-state index in [2.05, 4.69) is 191 Å². The smallest absolute Gasteiger partial charge is 0.252 e. The molecule has 0 N–H and O–H groups in total. The second-order valence-corrected chi connectivity index (χ2v) is 18.5. The molecule has 0 saturated heterocycles. The van der Waals surface area contributed by atoms with Gasteiger partial charge in [0.25, 0.3) is 6.71 Å². The Morgan fingerprint density at radius 1 is 0.407 bits per heavy atom. The summed E-state index contributed by atoms with van der Waals surface area (Å²) in [7, 11) is 0. The quantitative estimate of drug-likeness (QED) is 0.123. The zero-order valence-corrected chi connectivity index (χ0v) is 34.7. The highest BCUT2D eigenvalue weighted by molar-refractivity contribution is 7.00. The third-order valence-corrected chi connectivity index (χ3v) is 14.3. The van der Waals surface area contributed by atoms with Crippen LogP contribution in [0, 0.1) is 34.6 Å². The summed E-state index contributed by atoms with van der Waals surface area (Å²) in [5, 5.41) is 13.3. The van der Waals surface area contributed by atoms with E-state index >= 15 is 0 Å². The summed E-state index contributed by atoms with van der Waals surface area (Å²) in [6.45, 7) is 16.1. The molecule has 0 saturated carbocycles. The molecule has 0 fully saturated rings. The largest absolute Gasteiger partial charge is 0.310 e. The molecule has 0 aliphatic carbocycles. The van der Waals surface area contributed by atoms with Gasteiger partial charge in [-0.2, -0.15) is 0 Å². The summed E-state index contributed by atoms with van der Waals surface area (Å²) in [4.78, 5) is 0. The Hall–Kier alpha value is -6.58. The maximum atomic E-state index is 2.69. The molecule has 2 nitrogen and oxygen atoms in total. The maximum absolute atomic E-state index is 2.69. The van der Waals surface area contributed by atoms with Gasteiger partial charge in [-0.1, -0.05) is 127 Å². The van der Waals surface area contributed by atoms with Crippen LogP contribution in [0.1, 0.15) is 52.8 Å². The molecule has 13 rings (SSSR count). The minimum Gasteiger partial charge on any atom is -0.310 e. The van der Waals surface area contributed by atoms with Gasteiger partial charge in [0, 0.05) is 49.1 Å². The molecule has 2 aliphatic heterocycles. The highest BCUT2D eigenvalue weighted by Gasteiger charge is 2.42. The van der Waals surface area contributed by atoms with E-state index in [1.54, 1.807) is 0 Å². The fourth-order valence-electron chi connectivity index (χ4n) is 11.7. The van der Waals surface area contributed by atoms with E-state index in [4.69, 9.17) is 0 Å². The molecule has 0 bridgehead atoms. The fraction of sp³-hybridized carbons (Fsp3) is 0.143. The molecular formula is C56H43BN2. The van der Waals surface area contributed by atoms with E-state index in [9.17, 15) is 0 Å². The Morgan fingerprint density at radius 3 is 1.58 bits per heavy atom. The van der Waals surface area contributed by atoms with Crippen LogP contribution in [0.15, 0.2) is 133 Å². The summed E-state index contributed by atoms with van der Waals surface area (Å²) < 4.78 is 5.32. The Labute approximate surface area is 344 Å². The van der Waals surface area contributed by atoms with E-state index in [-0.39, 0.29) is 12.1 Å². The van der Waals surface area contributed by atoms with E-state index in [1.807, 2.05) is 0 Å². The lowest BCUT2D eigenvalue weighted by Crippen LogP contribution is -2.59. The normalized spacial score (nSPS) is 13.3. The lowest BCUT2D eigenvalue weighted by atomic mass is 9.34. The van der Waals surface area contributed by atoms with Gasteiger partial charge in [0.1, 0.15) is 0 Å². The second kappa shape index (κ2) is 11.1. The number of benzene rings is 9. The third kappa shape index (κ3) is 4.18. The topological polar surface area (TPSA) is 9.86 Å². The summed E-state index contributed by atoms with van der Waals surface area (Å²) >= 11 is 0. The average Bonchev–Trinajstić information content (AvgIpc) is 3.72. The van der Waals surface area contributed by atoms with E-state index in [1.165, 1.54) is 143 Å². The fourth-order valence-corrected chi connectivity index (χ4v) is 11.7. The van der Waals surface area contributed by atoms with Crippen LogP contribution in [-0.4, -0.2) is 15.8 Å². The molecule has 0 amide bonds. The van der Waals surface area contributed by atoms with Crippen molar-refractivity contribution in [1.29, 1.82) is 0 Å². The Bertz CT molecular complexity index is 3740. The molecule has 2 aliphatic rings. The zero-order chi connectivity index (χ0) is 39.8. The van der Waals surface area contributed by atoms with E-state index in [0.717, 1.165) is 0 Å². The molecule has 3 heteroatoms. The summed E-state index contributed by atoms with van der Waals surface area (Å²) in [6.07, 6.45) is 0. The summed E-state index contributed by atoms with van der Waals surface area (Å²) in [5.41, 5.74) is 21.1. The lowest BCUT2D eigenvalue weighted by molar-refractivity contribution is 0.642. The first-order valence-electron chi connectivity index (χ1n) is 21.2. The minimum absolute atomic E-state index is 0.0784. The van der Waals surface area contributed by atoms with Gasteiger partial charge < -0.3 is 9.13 Å². The predicted molar refractivity (Wildman–Crippen MR) is 255 cm³/mol. The van der Waals surface area contributed by atoms with Gasteiger partial charge in [-0.15, -0.1) is 0 Å². The highest BCUT2D eigenvalue weighted by atomic mass is 15.0. The van der Waals surface area contributed by atoms with Crippen LogP contribution in [0.2, 0.25) is 0 Å². The number of hydrogen-bond donors (Lipinski definition) is 0. The Morgan fingerprint density at radius 2 is 0.932 bits per heavy atom. The van der Waals surface area contributed by atoms with Gasteiger partial charge in [-0.05, 0) is 138 Å². The number of hydrogen-bond acceptors (Lipinski definition) is 0. The lowest BCUT2D eigenvalue weighted by Gasteiger charge is -2.35. The van der Waals surface area contributed by atoms with Crippen molar-refractivity contribution in [1.82, 2.24) is 9.13 Å². The monoisotopic (exact) mass is 754 g/mol. The molecule has 11 aromatic rings. The van der Waals surface area contributed by atoms with Crippen molar-refractivity contribution in [2.24, 2.45) is 0 Å². The van der Waals surface area contributed by atoms with Crippen LogP contribution in [0.3, 0.4) is 0 Å². The number of nitrogens with zero attached hydrogens (tertiary/aromatic N) is 2. The molecule has 59 heavy (non-hydrogen) atoms. The van der Waals surface area contributed by atoms with Gasteiger partial charge in [-0.25, -0.2) is 0 Å². The van der Waals surface area contributed by atoms with Gasteiger partial charge in [0.2, 0.25) is 0 Å². The van der Waals surface area contributed by atoms with Crippen molar-refractivity contribution < 1.29 is 0 Å². The van der Waals surface area contributed by atoms with Crippen molar-refractivity contribution in [2.75, 3.05) is 0 Å². The van der Waals surface area contributed by atoms with Gasteiger partial charge >= 0.3 is 0 Å². The molecule has 2 aromatic heterocycles. The minimum atomic E-state index is -0.165. The number of aryl methyl sites for hydroxylation is 5. The molecule has 0 atom stereocenters. The van der Waals surface area contributed by atoms with E-state index in [0.29, 0.717) is 0 Å². The first-order valence-corrected chi connectivity index (χ1v) is 21.2. The van der Waals surface area contributed by atoms with Crippen molar-refractivity contribution in [3.05, 3.63) is 172 Å². The van der Waals surface area contributed by atoms with Crippen LogP contribution in [-0.2, 0) is 5.41 Å². The van der Waals surface area contributed by atoms with Crippen LogP contribution < -0.4 is 16.4 Å². The third-order valence-electron chi connectivity index (χ3n) is 14.3. The van der Waals surface area contributed by atoms with Crippen molar-refractivity contribution in [2.45, 2.75) is 53.9 Å². The van der Waals surface area contributed by atoms with Crippen molar-refractivity contribution in [3.8, 4) is 11.4 Å².